The third-order valence-corrected chi connectivity index (χ3v) is 8.21. The van der Waals surface area contributed by atoms with E-state index in [1.54, 1.807) is 29.9 Å². The number of carbonyl (C=O) groups is 1. The van der Waals surface area contributed by atoms with E-state index in [1.165, 1.54) is 0 Å². The maximum Gasteiger partial charge on any atom is 0.407 e. The molecule has 2 atom stereocenters. The van der Waals surface area contributed by atoms with Crippen LogP contribution in [0.15, 0.2) is 24.5 Å². The van der Waals surface area contributed by atoms with Crippen LogP contribution in [-0.2, 0) is 20.3 Å². The van der Waals surface area contributed by atoms with Crippen LogP contribution < -0.4 is 10.6 Å². The Kier molecular flexibility index (Phi) is 5.70. The molecule has 34 heavy (non-hydrogen) atoms. The first kappa shape index (κ1) is 22.6. The Morgan fingerprint density at radius 3 is 2.91 bits per heavy atom. The number of rotatable bonds is 8. The highest BCUT2D eigenvalue weighted by Gasteiger charge is 2.40. The number of amides is 1. The van der Waals surface area contributed by atoms with E-state index in [2.05, 4.69) is 30.9 Å². The Hall–Kier alpha value is -3.15. The van der Waals surface area contributed by atoms with Crippen molar-refractivity contribution in [2.75, 3.05) is 11.1 Å². The molecular weight excluding hydrogens is 458 g/mol. The van der Waals surface area contributed by atoms with E-state index >= 15 is 0 Å². The molecule has 0 saturated heterocycles. The number of fused-ring (bicyclic) bond motifs is 1. The van der Waals surface area contributed by atoms with Crippen molar-refractivity contribution in [1.82, 2.24) is 30.1 Å². The van der Waals surface area contributed by atoms with Crippen LogP contribution in [0.1, 0.15) is 63.3 Å². The monoisotopic (exact) mass is 487 g/mol. The minimum absolute atomic E-state index is 0.0669. The Balaban J connectivity index is 1.23. The van der Waals surface area contributed by atoms with Gasteiger partial charge in [0.05, 0.1) is 11.4 Å². The summed E-state index contributed by atoms with van der Waals surface area (Å²) in [7, 11) is -3.19. The first-order chi connectivity index (χ1) is 16.2. The second-order valence-electron chi connectivity index (χ2n) is 9.47. The smallest absolute Gasteiger partial charge is 0.407 e. The molecule has 3 aromatic rings. The van der Waals surface area contributed by atoms with Crippen molar-refractivity contribution in [3.8, 4) is 0 Å². The standard InChI is InChI=1S/C22H29N7O4S/c1-3-34(31,32)13-15-11-18-20(23-8-9-29(18)28-15)24-19-12-17(26-27-19)14-4-5-16(10-14)33-21(30)25-22(2)6-7-22/h8-9,11-12,14,16H,3-7,10,13H2,1-2H3,(H,25,30)(H2,23,24,26,27)/t14-,16+/m0/s1. The normalized spacial score (nSPS) is 21.5. The van der Waals surface area contributed by atoms with Crippen LogP contribution >= 0.6 is 0 Å². The van der Waals surface area contributed by atoms with Crippen molar-refractivity contribution in [2.45, 2.75) is 69.3 Å². The molecule has 0 radical (unpaired) electrons. The third kappa shape index (κ3) is 5.01. The fourth-order valence-electron chi connectivity index (χ4n) is 4.27. The second kappa shape index (κ2) is 8.57. The van der Waals surface area contributed by atoms with Crippen LogP contribution in [0.5, 0.6) is 0 Å². The van der Waals surface area contributed by atoms with Crippen molar-refractivity contribution in [3.63, 3.8) is 0 Å². The quantitative estimate of drug-likeness (QED) is 0.440. The molecule has 1 amide bonds. The number of sulfone groups is 1. The first-order valence-corrected chi connectivity index (χ1v) is 13.4. The maximum atomic E-state index is 12.1. The van der Waals surface area contributed by atoms with E-state index in [-0.39, 0.29) is 35.2 Å². The highest BCUT2D eigenvalue weighted by molar-refractivity contribution is 7.90. The average Bonchev–Trinajstić information content (AvgIpc) is 3.20. The molecule has 12 heteroatoms. The predicted octanol–water partition coefficient (Wildman–Crippen LogP) is 3.05. The minimum atomic E-state index is -3.19. The van der Waals surface area contributed by atoms with Crippen LogP contribution in [0.3, 0.4) is 0 Å². The topological polar surface area (TPSA) is 143 Å². The van der Waals surface area contributed by atoms with Gasteiger partial charge in [-0.15, -0.1) is 0 Å². The summed E-state index contributed by atoms with van der Waals surface area (Å²) in [4.78, 5) is 16.5. The average molecular weight is 488 g/mol. The van der Waals surface area contributed by atoms with Gasteiger partial charge in [-0.05, 0) is 45.1 Å². The largest absolute Gasteiger partial charge is 0.446 e. The molecule has 0 unspecified atom stereocenters. The summed E-state index contributed by atoms with van der Waals surface area (Å²) in [6.45, 7) is 3.65. The van der Waals surface area contributed by atoms with Gasteiger partial charge in [0.25, 0.3) is 0 Å². The fraction of sp³-hybridized carbons (Fsp3) is 0.545. The second-order valence-corrected chi connectivity index (χ2v) is 11.8. The highest BCUT2D eigenvalue weighted by Crippen LogP contribution is 2.37. The van der Waals surface area contributed by atoms with Gasteiger partial charge in [0, 0.05) is 41.4 Å². The van der Waals surface area contributed by atoms with E-state index in [1.807, 2.05) is 13.0 Å². The van der Waals surface area contributed by atoms with Gasteiger partial charge < -0.3 is 15.4 Å². The van der Waals surface area contributed by atoms with Crippen LogP contribution in [0.25, 0.3) is 5.52 Å². The lowest BCUT2D eigenvalue weighted by Crippen LogP contribution is -2.36. The molecule has 3 aromatic heterocycles. The van der Waals surface area contributed by atoms with Crippen LogP contribution in [0.2, 0.25) is 0 Å². The number of hydrogen-bond donors (Lipinski definition) is 3. The van der Waals surface area contributed by atoms with Gasteiger partial charge in [-0.1, -0.05) is 6.92 Å². The minimum Gasteiger partial charge on any atom is -0.446 e. The number of H-pyrrole nitrogens is 1. The van der Waals surface area contributed by atoms with Crippen LogP contribution in [-0.4, -0.2) is 56.7 Å². The van der Waals surface area contributed by atoms with E-state index < -0.39 is 9.84 Å². The lowest BCUT2D eigenvalue weighted by molar-refractivity contribution is 0.0967. The van der Waals surface area contributed by atoms with E-state index in [0.29, 0.717) is 22.8 Å². The molecular formula is C22H29N7O4S. The van der Waals surface area contributed by atoms with Gasteiger partial charge in [-0.3, -0.25) is 5.10 Å². The summed E-state index contributed by atoms with van der Waals surface area (Å²) >= 11 is 0. The molecule has 5 rings (SSSR count). The molecule has 0 aliphatic heterocycles. The van der Waals surface area contributed by atoms with Gasteiger partial charge >= 0.3 is 6.09 Å². The fourth-order valence-corrected chi connectivity index (χ4v) is 5.06. The van der Waals surface area contributed by atoms with Crippen LogP contribution in [0.4, 0.5) is 16.4 Å². The Bertz CT molecular complexity index is 1310. The van der Waals surface area contributed by atoms with Gasteiger partial charge in [0.15, 0.2) is 21.5 Å². The molecule has 0 bridgehead atoms. The number of aromatic amines is 1. The third-order valence-electron chi connectivity index (χ3n) is 6.59. The number of ether oxygens (including phenoxy) is 1. The molecule has 2 aliphatic rings. The van der Waals surface area contributed by atoms with Crippen LogP contribution in [0, 0.1) is 0 Å². The maximum absolute atomic E-state index is 12.1. The first-order valence-electron chi connectivity index (χ1n) is 11.6. The highest BCUT2D eigenvalue weighted by atomic mass is 32.2. The number of hydrogen-bond acceptors (Lipinski definition) is 8. The molecule has 3 N–H and O–H groups in total. The summed E-state index contributed by atoms with van der Waals surface area (Å²) in [5.41, 5.74) is 2.02. The Morgan fingerprint density at radius 2 is 2.15 bits per heavy atom. The summed E-state index contributed by atoms with van der Waals surface area (Å²) in [5, 5.41) is 17.9. The Morgan fingerprint density at radius 1 is 1.32 bits per heavy atom. The molecule has 0 aromatic carbocycles. The predicted molar refractivity (Wildman–Crippen MR) is 126 cm³/mol. The van der Waals surface area contributed by atoms with Crippen molar-refractivity contribution < 1.29 is 17.9 Å². The van der Waals surface area contributed by atoms with E-state index in [4.69, 9.17) is 4.74 Å². The number of nitrogens with zero attached hydrogens (tertiary/aromatic N) is 4. The van der Waals surface area contributed by atoms with Crippen molar-refractivity contribution in [1.29, 1.82) is 0 Å². The summed E-state index contributed by atoms with van der Waals surface area (Å²) in [5.74, 6) is 1.31. The van der Waals surface area contributed by atoms with Gasteiger partial charge in [-0.25, -0.2) is 22.7 Å². The summed E-state index contributed by atoms with van der Waals surface area (Å²) in [6.07, 6.45) is 7.31. The number of aromatic nitrogens is 5. The van der Waals surface area contributed by atoms with Crippen molar-refractivity contribution in [3.05, 3.63) is 35.9 Å². The van der Waals surface area contributed by atoms with Gasteiger partial charge in [-0.2, -0.15) is 10.2 Å². The number of anilines is 2. The molecule has 2 fully saturated rings. The SMILES string of the molecule is CCS(=O)(=O)Cc1cc2c(Nc3cc([C@H]4CC[C@@H](OC(=O)NC5(C)CC5)C4)[nH]n3)nccn2n1. The molecule has 2 aliphatic carbocycles. The number of carbonyl (C=O) groups excluding carboxylic acids is 1. The van der Waals surface area contributed by atoms with E-state index in [0.717, 1.165) is 37.8 Å². The number of nitrogens with one attached hydrogen (secondary N) is 3. The zero-order valence-electron chi connectivity index (χ0n) is 19.2. The molecule has 3 heterocycles. The summed E-state index contributed by atoms with van der Waals surface area (Å²) < 4.78 is 31.2. The molecule has 182 valence electrons. The van der Waals surface area contributed by atoms with Gasteiger partial charge in [0.2, 0.25) is 0 Å². The zero-order valence-corrected chi connectivity index (χ0v) is 20.1. The Labute approximate surface area is 197 Å². The van der Waals surface area contributed by atoms with Gasteiger partial charge in [0.1, 0.15) is 11.6 Å². The van der Waals surface area contributed by atoms with Crippen molar-refractivity contribution in [2.24, 2.45) is 0 Å². The molecule has 11 nitrogen and oxygen atoms in total. The summed E-state index contributed by atoms with van der Waals surface area (Å²) in [6, 6.07) is 3.66. The van der Waals surface area contributed by atoms with Crippen molar-refractivity contribution >= 4 is 33.1 Å². The lowest BCUT2D eigenvalue weighted by atomic mass is 10.0. The zero-order chi connectivity index (χ0) is 23.9. The number of alkyl carbamates (subject to hydrolysis) is 1. The lowest BCUT2D eigenvalue weighted by Gasteiger charge is -2.16. The molecule has 2 saturated carbocycles. The van der Waals surface area contributed by atoms with E-state index in [9.17, 15) is 13.2 Å². The molecule has 0 spiro atoms.